The molecule has 0 atom stereocenters. The van der Waals surface area contributed by atoms with Crippen molar-refractivity contribution in [2.45, 2.75) is 13.3 Å². The molecule has 0 aliphatic rings. The van der Waals surface area contributed by atoms with Crippen LogP contribution in [0.4, 0.5) is 5.69 Å². The molecule has 0 bridgehead atoms. The van der Waals surface area contributed by atoms with Crippen molar-refractivity contribution in [3.63, 3.8) is 0 Å². The predicted octanol–water partition coefficient (Wildman–Crippen LogP) is 3.86. The van der Waals surface area contributed by atoms with Crippen LogP contribution in [0, 0.1) is 0 Å². The van der Waals surface area contributed by atoms with Crippen LogP contribution < -0.4 is 14.8 Å². The number of amides is 2. The van der Waals surface area contributed by atoms with Gasteiger partial charge in [-0.25, -0.2) is 4.98 Å². The normalized spacial score (nSPS) is 10.4. The van der Waals surface area contributed by atoms with Gasteiger partial charge in [-0.1, -0.05) is 0 Å². The van der Waals surface area contributed by atoms with Crippen LogP contribution in [0.25, 0.3) is 10.6 Å². The van der Waals surface area contributed by atoms with Crippen molar-refractivity contribution in [3.05, 3.63) is 59.6 Å². The van der Waals surface area contributed by atoms with Gasteiger partial charge in [0.2, 0.25) is 5.91 Å². The molecule has 31 heavy (non-hydrogen) atoms. The number of aromatic nitrogens is 1. The van der Waals surface area contributed by atoms with Crippen LogP contribution in [0.2, 0.25) is 0 Å². The van der Waals surface area contributed by atoms with E-state index in [2.05, 4.69) is 10.3 Å². The van der Waals surface area contributed by atoms with Crippen molar-refractivity contribution in [1.82, 2.24) is 9.88 Å². The molecule has 0 aliphatic carbocycles. The zero-order valence-electron chi connectivity index (χ0n) is 17.8. The lowest BCUT2D eigenvalue weighted by Gasteiger charge is -2.11. The molecule has 0 spiro atoms. The Morgan fingerprint density at radius 1 is 1.00 bits per heavy atom. The lowest BCUT2D eigenvalue weighted by atomic mass is 10.2. The molecule has 0 saturated carbocycles. The minimum Gasteiger partial charge on any atom is -0.494 e. The third-order valence-electron chi connectivity index (χ3n) is 4.30. The van der Waals surface area contributed by atoms with E-state index in [0.29, 0.717) is 23.7 Å². The summed E-state index contributed by atoms with van der Waals surface area (Å²) in [7, 11) is 3.35. The molecule has 0 unspecified atom stereocenters. The smallest absolute Gasteiger partial charge is 0.259 e. The maximum absolute atomic E-state index is 12.4. The number of anilines is 1. The van der Waals surface area contributed by atoms with Crippen LogP contribution in [0.3, 0.4) is 0 Å². The third-order valence-corrected chi connectivity index (χ3v) is 5.25. The SMILES string of the molecule is CCOc1ccc(-c2nc(CC(=O)Nc3ccc(OCC(=O)N(C)C)cc3)cs2)cc1. The molecule has 3 aromatic rings. The van der Waals surface area contributed by atoms with Crippen molar-refractivity contribution < 1.29 is 19.1 Å². The zero-order valence-corrected chi connectivity index (χ0v) is 18.6. The number of hydrogen-bond donors (Lipinski definition) is 1. The first-order valence-electron chi connectivity index (χ1n) is 9.85. The lowest BCUT2D eigenvalue weighted by molar-refractivity contribution is -0.130. The number of ether oxygens (including phenoxy) is 2. The first kappa shape index (κ1) is 22.3. The Labute approximate surface area is 185 Å². The van der Waals surface area contributed by atoms with Gasteiger partial charge >= 0.3 is 0 Å². The van der Waals surface area contributed by atoms with Crippen molar-refractivity contribution in [3.8, 4) is 22.1 Å². The second-order valence-corrected chi connectivity index (χ2v) is 7.79. The van der Waals surface area contributed by atoms with Gasteiger partial charge in [0.05, 0.1) is 18.7 Å². The van der Waals surface area contributed by atoms with Crippen LogP contribution in [0.1, 0.15) is 12.6 Å². The van der Waals surface area contributed by atoms with Gasteiger partial charge in [0.1, 0.15) is 16.5 Å². The Bertz CT molecular complexity index is 1010. The van der Waals surface area contributed by atoms with Gasteiger partial charge in [-0.15, -0.1) is 11.3 Å². The highest BCUT2D eigenvalue weighted by Gasteiger charge is 2.10. The number of rotatable bonds is 9. The van der Waals surface area contributed by atoms with Gasteiger partial charge in [0, 0.05) is 30.7 Å². The van der Waals surface area contributed by atoms with E-state index >= 15 is 0 Å². The molecule has 8 heteroatoms. The average Bonchev–Trinajstić information content (AvgIpc) is 3.22. The number of nitrogens with zero attached hydrogens (tertiary/aromatic N) is 2. The average molecular weight is 440 g/mol. The van der Waals surface area contributed by atoms with Crippen molar-refractivity contribution in [2.75, 3.05) is 32.6 Å². The van der Waals surface area contributed by atoms with E-state index in [9.17, 15) is 9.59 Å². The molecule has 0 saturated heterocycles. The van der Waals surface area contributed by atoms with Crippen molar-refractivity contribution in [1.29, 1.82) is 0 Å². The van der Waals surface area contributed by atoms with Crippen molar-refractivity contribution >= 4 is 28.8 Å². The second-order valence-electron chi connectivity index (χ2n) is 6.93. The van der Waals surface area contributed by atoms with E-state index in [1.807, 2.05) is 36.6 Å². The van der Waals surface area contributed by atoms with Gasteiger partial charge in [0.15, 0.2) is 6.61 Å². The third kappa shape index (κ3) is 6.55. The van der Waals surface area contributed by atoms with Gasteiger partial charge < -0.3 is 19.7 Å². The monoisotopic (exact) mass is 439 g/mol. The summed E-state index contributed by atoms with van der Waals surface area (Å²) in [5.41, 5.74) is 2.36. The van der Waals surface area contributed by atoms with E-state index in [-0.39, 0.29) is 24.8 Å². The number of nitrogens with one attached hydrogen (secondary N) is 1. The Morgan fingerprint density at radius 3 is 2.29 bits per heavy atom. The number of carbonyl (C=O) groups is 2. The molecule has 1 aromatic heterocycles. The van der Waals surface area contributed by atoms with Crippen molar-refractivity contribution in [2.24, 2.45) is 0 Å². The quantitative estimate of drug-likeness (QED) is 0.548. The molecule has 3 rings (SSSR count). The van der Waals surface area contributed by atoms with Gasteiger partial charge in [-0.2, -0.15) is 0 Å². The molecule has 0 radical (unpaired) electrons. The fraction of sp³-hybridized carbons (Fsp3) is 0.261. The summed E-state index contributed by atoms with van der Waals surface area (Å²) in [6.07, 6.45) is 0.184. The van der Waals surface area contributed by atoms with Crippen LogP contribution in [0.5, 0.6) is 11.5 Å². The Morgan fingerprint density at radius 2 is 1.65 bits per heavy atom. The fourth-order valence-electron chi connectivity index (χ4n) is 2.66. The molecule has 2 aromatic carbocycles. The minimum absolute atomic E-state index is 0.0286. The number of likely N-dealkylation sites (N-methyl/N-ethyl adjacent to an activating group) is 1. The number of carbonyl (C=O) groups excluding carboxylic acids is 2. The second kappa shape index (κ2) is 10.6. The summed E-state index contributed by atoms with van der Waals surface area (Å²) in [5.74, 6) is 1.11. The lowest BCUT2D eigenvalue weighted by Crippen LogP contribution is -2.27. The van der Waals surface area contributed by atoms with E-state index in [1.54, 1.807) is 38.4 Å². The van der Waals surface area contributed by atoms with E-state index in [0.717, 1.165) is 16.3 Å². The standard InChI is InChI=1S/C23H25N3O4S/c1-4-29-19-9-5-16(6-10-19)23-25-18(15-31-23)13-21(27)24-17-7-11-20(12-8-17)30-14-22(28)26(2)3/h5-12,15H,4,13-14H2,1-3H3,(H,24,27). The number of thiazole rings is 1. The number of benzene rings is 2. The Balaban J connectivity index is 1.52. The summed E-state index contributed by atoms with van der Waals surface area (Å²) >= 11 is 1.50. The highest BCUT2D eigenvalue weighted by molar-refractivity contribution is 7.13. The highest BCUT2D eigenvalue weighted by atomic mass is 32.1. The summed E-state index contributed by atoms with van der Waals surface area (Å²) in [6, 6.07) is 14.6. The molecule has 162 valence electrons. The maximum atomic E-state index is 12.4. The summed E-state index contributed by atoms with van der Waals surface area (Å²) in [5, 5.41) is 5.60. The topological polar surface area (TPSA) is 80.8 Å². The summed E-state index contributed by atoms with van der Waals surface area (Å²) < 4.78 is 10.9. The Hall–Kier alpha value is -3.39. The van der Waals surface area contributed by atoms with E-state index in [1.165, 1.54) is 16.2 Å². The molecule has 1 heterocycles. The van der Waals surface area contributed by atoms with Crippen LogP contribution in [-0.2, 0) is 16.0 Å². The first-order valence-corrected chi connectivity index (χ1v) is 10.7. The molecule has 0 aliphatic heterocycles. The van der Waals surface area contributed by atoms with Gasteiger partial charge in [-0.05, 0) is 55.5 Å². The molecule has 1 N–H and O–H groups in total. The maximum Gasteiger partial charge on any atom is 0.259 e. The summed E-state index contributed by atoms with van der Waals surface area (Å²) in [4.78, 5) is 30.0. The van der Waals surface area contributed by atoms with Gasteiger partial charge in [-0.3, -0.25) is 9.59 Å². The Kier molecular flexibility index (Phi) is 7.61. The van der Waals surface area contributed by atoms with E-state index in [4.69, 9.17) is 9.47 Å². The van der Waals surface area contributed by atoms with E-state index < -0.39 is 0 Å². The zero-order chi connectivity index (χ0) is 22.2. The highest BCUT2D eigenvalue weighted by Crippen LogP contribution is 2.26. The molecule has 7 nitrogen and oxygen atoms in total. The first-order chi connectivity index (χ1) is 14.9. The fourth-order valence-corrected chi connectivity index (χ4v) is 3.49. The largest absolute Gasteiger partial charge is 0.494 e. The minimum atomic E-state index is -0.153. The molecule has 0 fully saturated rings. The molecular formula is C23H25N3O4S. The molecule has 2 amide bonds. The molecular weight excluding hydrogens is 414 g/mol. The van der Waals surface area contributed by atoms with Crippen LogP contribution in [0.15, 0.2) is 53.9 Å². The summed E-state index contributed by atoms with van der Waals surface area (Å²) in [6.45, 7) is 2.55. The van der Waals surface area contributed by atoms with Crippen LogP contribution in [-0.4, -0.2) is 49.0 Å². The predicted molar refractivity (Wildman–Crippen MR) is 122 cm³/mol. The van der Waals surface area contributed by atoms with Gasteiger partial charge in [0.25, 0.3) is 5.91 Å². The van der Waals surface area contributed by atoms with Crippen LogP contribution >= 0.6 is 11.3 Å². The number of hydrogen-bond acceptors (Lipinski definition) is 6.